The van der Waals surface area contributed by atoms with Crippen molar-refractivity contribution < 1.29 is 17.6 Å². The number of halogens is 1. The molecule has 170 valence electrons. The largest absolute Gasteiger partial charge is 0.332 e. The number of aromatic nitrogens is 3. The molecule has 2 aromatic carbocycles. The monoisotopic (exact) mass is 484 g/mol. The van der Waals surface area contributed by atoms with Gasteiger partial charge in [0.15, 0.2) is 15.7 Å². The van der Waals surface area contributed by atoms with E-state index >= 15 is 0 Å². The van der Waals surface area contributed by atoms with Crippen molar-refractivity contribution in [3.63, 3.8) is 0 Å². The number of benzene rings is 2. The molecule has 1 unspecified atom stereocenters. The summed E-state index contributed by atoms with van der Waals surface area (Å²) in [5.41, 5.74) is 1.22. The third-order valence-corrected chi connectivity index (χ3v) is 7.28. The van der Waals surface area contributed by atoms with E-state index in [1.165, 1.54) is 45.2 Å². The molecule has 0 aliphatic heterocycles. The first-order chi connectivity index (χ1) is 15.6. The Hall–Kier alpha value is -3.37. The standard InChI is InChI=1S/C23H21FN4O3S2/c1-15(16-9-11-19(12-10-16)33(3,30)31)27(2)23(29)21-25-22(20-8-5-13-32-20)28(26-21)18-7-4-6-17(24)14-18/h4-15H,1-3H3. The van der Waals surface area contributed by atoms with Crippen LogP contribution >= 0.6 is 11.3 Å². The van der Waals surface area contributed by atoms with Gasteiger partial charge in [-0.25, -0.2) is 22.5 Å². The maximum atomic E-state index is 13.8. The highest BCUT2D eigenvalue weighted by molar-refractivity contribution is 7.90. The molecular formula is C23H21FN4O3S2. The molecule has 0 saturated carbocycles. The lowest BCUT2D eigenvalue weighted by Crippen LogP contribution is -2.30. The lowest BCUT2D eigenvalue weighted by Gasteiger charge is -2.24. The maximum Gasteiger partial charge on any atom is 0.293 e. The van der Waals surface area contributed by atoms with Crippen LogP contribution in [0.4, 0.5) is 4.39 Å². The van der Waals surface area contributed by atoms with E-state index in [1.807, 2.05) is 24.4 Å². The molecule has 2 heterocycles. The number of hydrogen-bond acceptors (Lipinski definition) is 6. The SMILES string of the molecule is CC(c1ccc(S(C)(=O)=O)cc1)N(C)C(=O)c1nc(-c2cccs2)n(-c2cccc(F)c2)n1. The van der Waals surface area contributed by atoms with E-state index in [0.29, 0.717) is 11.5 Å². The molecule has 0 bridgehead atoms. The predicted molar refractivity (Wildman–Crippen MR) is 125 cm³/mol. The molecule has 2 aromatic heterocycles. The summed E-state index contributed by atoms with van der Waals surface area (Å²) in [6.07, 6.45) is 1.15. The van der Waals surface area contributed by atoms with E-state index in [-0.39, 0.29) is 16.8 Å². The Labute approximate surface area is 195 Å². The van der Waals surface area contributed by atoms with Crippen LogP contribution in [0, 0.1) is 5.82 Å². The van der Waals surface area contributed by atoms with Crippen LogP contribution in [-0.2, 0) is 9.84 Å². The number of carbonyl (C=O) groups excluding carboxylic acids is 1. The van der Waals surface area contributed by atoms with Crippen molar-refractivity contribution in [2.75, 3.05) is 13.3 Å². The van der Waals surface area contributed by atoms with Gasteiger partial charge < -0.3 is 4.90 Å². The van der Waals surface area contributed by atoms with Crippen molar-refractivity contribution >= 4 is 27.1 Å². The maximum absolute atomic E-state index is 13.8. The van der Waals surface area contributed by atoms with Crippen LogP contribution in [0.5, 0.6) is 0 Å². The highest BCUT2D eigenvalue weighted by Gasteiger charge is 2.25. The summed E-state index contributed by atoms with van der Waals surface area (Å²) in [6, 6.07) is 15.7. The number of thiophene rings is 1. The summed E-state index contributed by atoms with van der Waals surface area (Å²) < 4.78 is 38.7. The second-order valence-electron chi connectivity index (χ2n) is 7.56. The molecule has 0 spiro atoms. The minimum Gasteiger partial charge on any atom is -0.332 e. The van der Waals surface area contributed by atoms with Crippen molar-refractivity contribution in [1.29, 1.82) is 0 Å². The lowest BCUT2D eigenvalue weighted by atomic mass is 10.1. The molecule has 0 aliphatic rings. The van der Waals surface area contributed by atoms with Crippen LogP contribution in [0.3, 0.4) is 0 Å². The smallest absolute Gasteiger partial charge is 0.293 e. The highest BCUT2D eigenvalue weighted by atomic mass is 32.2. The summed E-state index contributed by atoms with van der Waals surface area (Å²) in [5.74, 6) is -0.416. The Balaban J connectivity index is 1.67. The van der Waals surface area contributed by atoms with Gasteiger partial charge in [-0.05, 0) is 54.3 Å². The topological polar surface area (TPSA) is 85.2 Å². The number of sulfone groups is 1. The van der Waals surface area contributed by atoms with Gasteiger partial charge in [0, 0.05) is 13.3 Å². The van der Waals surface area contributed by atoms with E-state index in [2.05, 4.69) is 10.1 Å². The van der Waals surface area contributed by atoms with Crippen LogP contribution in [0.2, 0.25) is 0 Å². The second-order valence-corrected chi connectivity index (χ2v) is 10.5. The molecule has 0 fully saturated rings. The molecular weight excluding hydrogens is 463 g/mol. The minimum absolute atomic E-state index is 0.0234. The van der Waals surface area contributed by atoms with Gasteiger partial charge >= 0.3 is 0 Å². The van der Waals surface area contributed by atoms with E-state index < -0.39 is 21.6 Å². The van der Waals surface area contributed by atoms with E-state index in [4.69, 9.17) is 0 Å². The highest BCUT2D eigenvalue weighted by Crippen LogP contribution is 2.27. The fourth-order valence-corrected chi connectivity index (χ4v) is 4.64. The molecule has 4 aromatic rings. The van der Waals surface area contributed by atoms with E-state index in [1.54, 1.807) is 31.3 Å². The lowest BCUT2D eigenvalue weighted by molar-refractivity contribution is 0.0730. The predicted octanol–water partition coefficient (Wildman–Crippen LogP) is 4.37. The van der Waals surface area contributed by atoms with Gasteiger partial charge in [0.05, 0.1) is 21.5 Å². The van der Waals surface area contributed by atoms with Crippen molar-refractivity contribution in [3.8, 4) is 16.4 Å². The Morgan fingerprint density at radius 3 is 2.45 bits per heavy atom. The quantitative estimate of drug-likeness (QED) is 0.406. The van der Waals surface area contributed by atoms with Crippen molar-refractivity contribution in [1.82, 2.24) is 19.7 Å². The van der Waals surface area contributed by atoms with Crippen molar-refractivity contribution in [2.24, 2.45) is 0 Å². The number of amides is 1. The van der Waals surface area contributed by atoms with Crippen LogP contribution in [0.1, 0.15) is 29.1 Å². The number of carbonyl (C=O) groups is 1. The van der Waals surface area contributed by atoms with Gasteiger partial charge in [-0.3, -0.25) is 4.79 Å². The molecule has 1 amide bonds. The number of hydrogen-bond donors (Lipinski definition) is 0. The van der Waals surface area contributed by atoms with Crippen LogP contribution in [0.15, 0.2) is 70.9 Å². The first-order valence-corrected chi connectivity index (χ1v) is 12.8. The molecule has 0 radical (unpaired) electrons. The van der Waals surface area contributed by atoms with Gasteiger partial charge in [-0.2, -0.15) is 0 Å². The third kappa shape index (κ3) is 4.71. The number of rotatable bonds is 6. The Morgan fingerprint density at radius 1 is 1.12 bits per heavy atom. The van der Waals surface area contributed by atoms with Crippen LogP contribution in [0.25, 0.3) is 16.4 Å². The van der Waals surface area contributed by atoms with Gasteiger partial charge in [-0.15, -0.1) is 16.4 Å². The normalized spacial score (nSPS) is 12.5. The molecule has 0 aliphatic carbocycles. The molecule has 1 atom stereocenters. The van der Waals surface area contributed by atoms with E-state index in [9.17, 15) is 17.6 Å². The molecule has 10 heteroatoms. The van der Waals surface area contributed by atoms with Crippen molar-refractivity contribution in [3.05, 3.63) is 83.2 Å². The van der Waals surface area contributed by atoms with Gasteiger partial charge in [0.25, 0.3) is 5.91 Å². The summed E-state index contributed by atoms with van der Waals surface area (Å²) in [7, 11) is -1.68. The molecule has 7 nitrogen and oxygen atoms in total. The zero-order valence-corrected chi connectivity index (χ0v) is 19.8. The van der Waals surface area contributed by atoms with Gasteiger partial charge in [0.1, 0.15) is 5.82 Å². The third-order valence-electron chi connectivity index (χ3n) is 5.28. The fraction of sp³-hybridized carbons (Fsp3) is 0.174. The first kappa shape index (κ1) is 22.8. The van der Waals surface area contributed by atoms with E-state index in [0.717, 1.165) is 16.7 Å². The fourth-order valence-electron chi connectivity index (χ4n) is 3.31. The zero-order chi connectivity index (χ0) is 23.8. The van der Waals surface area contributed by atoms with Crippen molar-refractivity contribution in [2.45, 2.75) is 17.9 Å². The average Bonchev–Trinajstić information content (AvgIpc) is 3.47. The summed E-state index contributed by atoms with van der Waals surface area (Å²) in [4.78, 5) is 20.2. The Bertz CT molecular complexity index is 1400. The molecule has 33 heavy (non-hydrogen) atoms. The first-order valence-electron chi connectivity index (χ1n) is 9.99. The molecule has 0 N–H and O–H groups in total. The zero-order valence-electron chi connectivity index (χ0n) is 18.1. The summed E-state index contributed by atoms with van der Waals surface area (Å²) in [5, 5.41) is 6.28. The Morgan fingerprint density at radius 2 is 1.85 bits per heavy atom. The van der Waals surface area contributed by atoms with Crippen LogP contribution < -0.4 is 0 Å². The molecule has 4 rings (SSSR count). The Kier molecular flexibility index (Phi) is 6.13. The number of nitrogens with zero attached hydrogens (tertiary/aromatic N) is 4. The average molecular weight is 485 g/mol. The summed E-state index contributed by atoms with van der Waals surface area (Å²) >= 11 is 1.44. The van der Waals surface area contributed by atoms with Crippen LogP contribution in [-0.4, -0.2) is 47.3 Å². The van der Waals surface area contributed by atoms with Gasteiger partial charge in [0.2, 0.25) is 5.82 Å². The summed E-state index contributed by atoms with van der Waals surface area (Å²) in [6.45, 7) is 1.83. The second kappa shape index (κ2) is 8.87. The molecule has 0 saturated heterocycles. The van der Waals surface area contributed by atoms with Gasteiger partial charge in [-0.1, -0.05) is 24.3 Å². The minimum atomic E-state index is -3.31.